The largest absolute Gasteiger partial charge is 0.485 e. The van der Waals surface area contributed by atoms with Gasteiger partial charge in [0.1, 0.15) is 24.7 Å². The van der Waals surface area contributed by atoms with Crippen molar-refractivity contribution in [2.24, 2.45) is 0 Å². The van der Waals surface area contributed by atoms with E-state index in [0.29, 0.717) is 0 Å². The van der Waals surface area contributed by atoms with E-state index in [0.717, 1.165) is 44.9 Å². The smallest absolute Gasteiger partial charge is 0.167 e. The fourth-order valence-electron chi connectivity index (χ4n) is 3.04. The van der Waals surface area contributed by atoms with E-state index in [1.807, 2.05) is 27.7 Å². The lowest BCUT2D eigenvalue weighted by molar-refractivity contribution is -0.119. The molecule has 0 radical (unpaired) electrons. The maximum absolute atomic E-state index is 11.2. The van der Waals surface area contributed by atoms with Gasteiger partial charge in [-0.25, -0.2) is 0 Å². The van der Waals surface area contributed by atoms with Crippen molar-refractivity contribution in [3.8, 4) is 22.6 Å². The van der Waals surface area contributed by atoms with Gasteiger partial charge in [0.05, 0.1) is 0 Å². The first-order valence-corrected chi connectivity index (χ1v) is 8.66. The Labute approximate surface area is 155 Å². The van der Waals surface area contributed by atoms with E-state index in [1.165, 1.54) is 13.8 Å². The number of ether oxygens (including phenoxy) is 2. The quantitative estimate of drug-likeness (QED) is 0.733. The maximum atomic E-state index is 11.2. The molecule has 0 bridgehead atoms. The Morgan fingerprint density at radius 2 is 0.923 bits per heavy atom. The molecule has 138 valence electrons. The molecule has 2 rings (SSSR count). The number of ketones is 2. The van der Waals surface area contributed by atoms with Crippen molar-refractivity contribution < 1.29 is 19.1 Å². The third kappa shape index (κ3) is 4.72. The fourth-order valence-corrected chi connectivity index (χ4v) is 3.04. The second-order valence-corrected chi connectivity index (χ2v) is 6.86. The summed E-state index contributed by atoms with van der Waals surface area (Å²) in [5, 5.41) is 0. The molecule has 0 spiro atoms. The molecule has 0 heterocycles. The van der Waals surface area contributed by atoms with Gasteiger partial charge in [0.15, 0.2) is 11.6 Å². The zero-order chi connectivity index (χ0) is 19.4. The maximum Gasteiger partial charge on any atom is 0.167 e. The number of carbonyl (C=O) groups excluding carboxylic acids is 2. The number of Topliss-reactive ketones (excluding diaryl/α,β-unsaturated/α-hetero) is 2. The Hall–Kier alpha value is -2.62. The van der Waals surface area contributed by atoms with Gasteiger partial charge in [0.25, 0.3) is 0 Å². The van der Waals surface area contributed by atoms with Crippen LogP contribution in [0.5, 0.6) is 11.5 Å². The summed E-state index contributed by atoms with van der Waals surface area (Å²) in [7, 11) is 0. The van der Waals surface area contributed by atoms with E-state index in [9.17, 15) is 9.59 Å². The molecule has 2 aromatic rings. The number of hydrogen-bond donors (Lipinski definition) is 0. The van der Waals surface area contributed by atoms with E-state index >= 15 is 0 Å². The van der Waals surface area contributed by atoms with Crippen molar-refractivity contribution in [1.82, 2.24) is 0 Å². The Morgan fingerprint density at radius 1 is 0.654 bits per heavy atom. The summed E-state index contributed by atoms with van der Waals surface area (Å²) in [4.78, 5) is 22.3. The molecule has 0 aliphatic heterocycles. The van der Waals surface area contributed by atoms with E-state index in [1.54, 1.807) is 0 Å². The molecule has 2 aromatic carbocycles. The minimum absolute atomic E-state index is 0.000255. The van der Waals surface area contributed by atoms with Crippen molar-refractivity contribution in [2.75, 3.05) is 13.2 Å². The second-order valence-electron chi connectivity index (χ2n) is 6.86. The SMILES string of the molecule is CC(=O)COc1c(C)cc(-c2cc(C)c(OCC(C)=O)c(C)c2)cc1C. The van der Waals surface area contributed by atoms with Gasteiger partial charge in [-0.3, -0.25) is 9.59 Å². The van der Waals surface area contributed by atoms with Crippen LogP contribution in [0.25, 0.3) is 11.1 Å². The number of benzene rings is 2. The average molecular weight is 354 g/mol. The standard InChI is InChI=1S/C22H26O4/c1-13-7-19(8-14(2)21(13)25-11-17(5)23)20-9-15(3)22(16(4)10-20)26-12-18(6)24/h7-10H,11-12H2,1-6H3. The first-order valence-electron chi connectivity index (χ1n) is 8.66. The number of rotatable bonds is 7. The molecule has 0 aliphatic rings. The number of carbonyl (C=O) groups is 2. The lowest BCUT2D eigenvalue weighted by atomic mass is 9.96. The Balaban J connectivity index is 2.36. The molecule has 0 aliphatic carbocycles. The molecule has 0 atom stereocenters. The second kappa shape index (κ2) is 8.17. The van der Waals surface area contributed by atoms with Crippen LogP contribution in [0.15, 0.2) is 24.3 Å². The van der Waals surface area contributed by atoms with E-state index in [2.05, 4.69) is 24.3 Å². The summed E-state index contributed by atoms with van der Waals surface area (Å²) in [5.74, 6) is 1.53. The number of aryl methyl sites for hydroxylation is 4. The highest BCUT2D eigenvalue weighted by atomic mass is 16.5. The molecule has 0 fully saturated rings. The monoisotopic (exact) mass is 354 g/mol. The number of hydrogen-bond acceptors (Lipinski definition) is 4. The highest BCUT2D eigenvalue weighted by molar-refractivity contribution is 5.78. The third-order valence-corrected chi connectivity index (χ3v) is 4.09. The molecule has 0 unspecified atom stereocenters. The van der Waals surface area contributed by atoms with Crippen LogP contribution >= 0.6 is 0 Å². The predicted octanol–water partition coefficient (Wildman–Crippen LogP) is 4.52. The van der Waals surface area contributed by atoms with Crippen LogP contribution in [0.2, 0.25) is 0 Å². The van der Waals surface area contributed by atoms with Crippen molar-refractivity contribution in [2.45, 2.75) is 41.5 Å². The molecule has 0 aromatic heterocycles. The molecule has 4 nitrogen and oxygen atoms in total. The highest BCUT2D eigenvalue weighted by Crippen LogP contribution is 2.34. The van der Waals surface area contributed by atoms with Gasteiger partial charge in [0, 0.05) is 0 Å². The first kappa shape index (κ1) is 19.7. The lowest BCUT2D eigenvalue weighted by Gasteiger charge is -2.16. The molecule has 4 heteroatoms. The van der Waals surface area contributed by atoms with Gasteiger partial charge >= 0.3 is 0 Å². The normalized spacial score (nSPS) is 10.5. The minimum atomic E-state index is 0.000255. The molecule has 0 N–H and O–H groups in total. The minimum Gasteiger partial charge on any atom is -0.485 e. The molecule has 26 heavy (non-hydrogen) atoms. The van der Waals surface area contributed by atoms with Gasteiger partial charge < -0.3 is 9.47 Å². The van der Waals surface area contributed by atoms with Gasteiger partial charge in [-0.15, -0.1) is 0 Å². The first-order chi connectivity index (χ1) is 12.2. The predicted molar refractivity (Wildman–Crippen MR) is 103 cm³/mol. The van der Waals surface area contributed by atoms with Crippen LogP contribution in [0.1, 0.15) is 36.1 Å². The summed E-state index contributed by atoms with van der Waals surface area (Å²) in [6.07, 6.45) is 0. The van der Waals surface area contributed by atoms with Crippen molar-refractivity contribution in [1.29, 1.82) is 0 Å². The van der Waals surface area contributed by atoms with Crippen LogP contribution in [0, 0.1) is 27.7 Å². The van der Waals surface area contributed by atoms with Crippen molar-refractivity contribution in [3.05, 3.63) is 46.5 Å². The zero-order valence-corrected chi connectivity index (χ0v) is 16.4. The van der Waals surface area contributed by atoms with Gasteiger partial charge in [-0.05, 0) is 99.2 Å². The van der Waals surface area contributed by atoms with Crippen LogP contribution in [0.3, 0.4) is 0 Å². The molecular formula is C22H26O4. The third-order valence-electron chi connectivity index (χ3n) is 4.09. The fraction of sp³-hybridized carbons (Fsp3) is 0.364. The summed E-state index contributed by atoms with van der Waals surface area (Å²) < 4.78 is 11.3. The summed E-state index contributed by atoms with van der Waals surface area (Å²) in [6.45, 7) is 11.1. The average Bonchev–Trinajstić information content (AvgIpc) is 2.52. The molecule has 0 amide bonds. The van der Waals surface area contributed by atoms with E-state index in [4.69, 9.17) is 9.47 Å². The summed E-state index contributed by atoms with van der Waals surface area (Å²) in [6, 6.07) is 8.25. The summed E-state index contributed by atoms with van der Waals surface area (Å²) in [5.41, 5.74) is 6.14. The van der Waals surface area contributed by atoms with Crippen LogP contribution in [-0.4, -0.2) is 24.8 Å². The van der Waals surface area contributed by atoms with Crippen LogP contribution < -0.4 is 9.47 Å². The topological polar surface area (TPSA) is 52.6 Å². The van der Waals surface area contributed by atoms with Crippen LogP contribution in [0.4, 0.5) is 0 Å². The Morgan fingerprint density at radius 3 is 1.15 bits per heavy atom. The van der Waals surface area contributed by atoms with Gasteiger partial charge in [-0.1, -0.05) is 0 Å². The highest BCUT2D eigenvalue weighted by Gasteiger charge is 2.12. The zero-order valence-electron chi connectivity index (χ0n) is 16.4. The van der Waals surface area contributed by atoms with Crippen LogP contribution in [-0.2, 0) is 9.59 Å². The summed E-state index contributed by atoms with van der Waals surface area (Å²) >= 11 is 0. The van der Waals surface area contributed by atoms with Crippen molar-refractivity contribution in [3.63, 3.8) is 0 Å². The van der Waals surface area contributed by atoms with Gasteiger partial charge in [0.2, 0.25) is 0 Å². The Bertz CT molecular complexity index is 732. The van der Waals surface area contributed by atoms with E-state index < -0.39 is 0 Å². The van der Waals surface area contributed by atoms with Gasteiger partial charge in [-0.2, -0.15) is 0 Å². The van der Waals surface area contributed by atoms with E-state index in [-0.39, 0.29) is 24.8 Å². The molecule has 0 saturated carbocycles. The molecular weight excluding hydrogens is 328 g/mol. The van der Waals surface area contributed by atoms with Crippen molar-refractivity contribution >= 4 is 11.6 Å². The Kier molecular flexibility index (Phi) is 6.19. The lowest BCUT2D eigenvalue weighted by Crippen LogP contribution is -2.09. The molecule has 0 saturated heterocycles.